The average Bonchev–Trinajstić information content (AvgIpc) is 3.20. The van der Waals surface area contributed by atoms with Gasteiger partial charge in [0, 0.05) is 26.1 Å². The zero-order chi connectivity index (χ0) is 26.9. The highest BCUT2D eigenvalue weighted by atomic mass is 32.1. The lowest BCUT2D eigenvalue weighted by Gasteiger charge is -2.32. The van der Waals surface area contributed by atoms with E-state index in [1.54, 1.807) is 0 Å². The molecule has 0 aromatic carbocycles. The first-order chi connectivity index (χ1) is 17.3. The first kappa shape index (κ1) is 31.3. The molecule has 2 heterocycles. The Balaban J connectivity index is 0.00000316. The Bertz CT molecular complexity index is 925. The van der Waals surface area contributed by atoms with Crippen molar-refractivity contribution in [2.45, 2.75) is 73.3 Å². The van der Waals surface area contributed by atoms with E-state index in [4.69, 9.17) is 9.47 Å². The molecule has 0 bridgehead atoms. The molecule has 0 spiro atoms. The maximum atomic E-state index is 11.8. The van der Waals surface area contributed by atoms with Gasteiger partial charge in [0.25, 0.3) is 11.1 Å². The monoisotopic (exact) mass is 517 g/mol. The summed E-state index contributed by atoms with van der Waals surface area (Å²) in [5.74, 6) is 0.118. The average molecular weight is 518 g/mol. The summed E-state index contributed by atoms with van der Waals surface area (Å²) in [5.41, 5.74) is 2.14. The van der Waals surface area contributed by atoms with Crippen molar-refractivity contribution in [3.8, 4) is 5.19 Å². The number of nitrogens with one attached hydrogen (secondary N) is 1. The van der Waals surface area contributed by atoms with E-state index in [-0.39, 0.29) is 18.6 Å². The van der Waals surface area contributed by atoms with Crippen molar-refractivity contribution in [2.75, 3.05) is 26.2 Å². The largest absolute Gasteiger partial charge is 0.456 e. The van der Waals surface area contributed by atoms with Crippen LogP contribution in [-0.2, 0) is 14.3 Å². The number of esters is 1. The summed E-state index contributed by atoms with van der Waals surface area (Å²) in [5, 5.41) is 3.59. The number of aromatic nitrogens is 1. The summed E-state index contributed by atoms with van der Waals surface area (Å²) in [6, 6.07) is 0.145. The van der Waals surface area contributed by atoms with Crippen LogP contribution in [-0.4, -0.2) is 54.0 Å². The van der Waals surface area contributed by atoms with E-state index in [9.17, 15) is 9.59 Å². The third-order valence-electron chi connectivity index (χ3n) is 5.47. The van der Waals surface area contributed by atoms with Crippen LogP contribution in [0, 0.1) is 6.92 Å². The molecule has 0 unspecified atom stereocenters. The number of amides is 1. The first-order valence-corrected chi connectivity index (χ1v) is 13.5. The fourth-order valence-corrected chi connectivity index (χ4v) is 4.57. The van der Waals surface area contributed by atoms with Crippen LogP contribution in [0.15, 0.2) is 42.2 Å². The molecule has 0 saturated carbocycles. The molecule has 0 radical (unpaired) electrons. The topological polar surface area (TPSA) is 80.8 Å². The van der Waals surface area contributed by atoms with E-state index >= 15 is 0 Å². The Labute approximate surface area is 221 Å². The Kier molecular flexibility index (Phi) is 15.4. The molecule has 36 heavy (non-hydrogen) atoms. The van der Waals surface area contributed by atoms with E-state index in [1.165, 1.54) is 23.8 Å². The van der Waals surface area contributed by atoms with Crippen molar-refractivity contribution in [2.24, 2.45) is 0 Å². The third-order valence-corrected chi connectivity index (χ3v) is 6.47. The number of hydrogen-bond donors (Lipinski definition) is 1. The second-order valence-electron chi connectivity index (χ2n) is 8.32. The van der Waals surface area contributed by atoms with Gasteiger partial charge in [0.1, 0.15) is 5.76 Å². The number of carbonyl (C=O) groups excluding carboxylic acids is 2. The standard InChI is InChI=1S/C26H37N3O4S.C2H6/c1-6-9-24-20(4)27-26(34-24)33-19(3)11-12-22(7-2)10-8-15-29-16-13-23(14-17-29)28-25(31)18-32-21(5)30;1-2/h6-7,9,11-12,23H,2,8,10,13-18H2,1,3-5H3,(H,28,31);1-2H3/b9-6-,19-11+,22-12+;. The predicted molar refractivity (Wildman–Crippen MR) is 149 cm³/mol. The Hall–Kier alpha value is -2.71. The van der Waals surface area contributed by atoms with Crippen molar-refractivity contribution in [3.05, 3.63) is 52.8 Å². The minimum Gasteiger partial charge on any atom is -0.456 e. The molecule has 1 aliphatic rings. The summed E-state index contributed by atoms with van der Waals surface area (Å²) in [6.07, 6.45) is 13.7. The number of piperidine rings is 1. The molecular weight excluding hydrogens is 474 g/mol. The van der Waals surface area contributed by atoms with E-state index in [2.05, 4.69) is 27.9 Å². The van der Waals surface area contributed by atoms with Crippen LogP contribution in [0.25, 0.3) is 6.08 Å². The summed E-state index contributed by atoms with van der Waals surface area (Å²) in [6.45, 7) is 17.8. The van der Waals surface area contributed by atoms with Gasteiger partial charge in [-0.1, -0.05) is 50.0 Å². The van der Waals surface area contributed by atoms with Gasteiger partial charge in [-0.2, -0.15) is 0 Å². The molecule has 7 nitrogen and oxygen atoms in total. The van der Waals surface area contributed by atoms with Gasteiger partial charge >= 0.3 is 5.97 Å². The van der Waals surface area contributed by atoms with Crippen molar-refractivity contribution in [1.29, 1.82) is 0 Å². The highest BCUT2D eigenvalue weighted by molar-refractivity contribution is 7.14. The van der Waals surface area contributed by atoms with Crippen LogP contribution in [0.4, 0.5) is 0 Å². The highest BCUT2D eigenvalue weighted by Gasteiger charge is 2.20. The van der Waals surface area contributed by atoms with Crippen LogP contribution in [0.2, 0.25) is 0 Å². The summed E-state index contributed by atoms with van der Waals surface area (Å²) >= 11 is 1.54. The number of ether oxygens (including phenoxy) is 2. The molecular formula is C28H43N3O4S. The number of aryl methyl sites for hydroxylation is 1. The molecule has 1 aromatic rings. The molecule has 1 amide bonds. The maximum absolute atomic E-state index is 11.8. The Morgan fingerprint density at radius 3 is 2.53 bits per heavy atom. The van der Waals surface area contributed by atoms with Gasteiger partial charge in [-0.25, -0.2) is 4.98 Å². The fraction of sp³-hybridized carbons (Fsp3) is 0.536. The van der Waals surface area contributed by atoms with Gasteiger partial charge in [0.05, 0.1) is 10.6 Å². The molecule has 1 saturated heterocycles. The maximum Gasteiger partial charge on any atom is 0.303 e. The molecule has 0 aliphatic carbocycles. The number of nitrogens with zero attached hydrogens (tertiary/aromatic N) is 2. The Morgan fingerprint density at radius 2 is 1.92 bits per heavy atom. The molecule has 0 atom stereocenters. The second kappa shape index (κ2) is 17.7. The van der Waals surface area contributed by atoms with Crippen LogP contribution >= 0.6 is 11.3 Å². The first-order valence-electron chi connectivity index (χ1n) is 12.7. The summed E-state index contributed by atoms with van der Waals surface area (Å²) in [4.78, 5) is 30.6. The minimum atomic E-state index is -0.440. The molecule has 8 heteroatoms. The van der Waals surface area contributed by atoms with Crippen molar-refractivity contribution >= 4 is 29.3 Å². The van der Waals surface area contributed by atoms with Crippen LogP contribution in [0.5, 0.6) is 5.19 Å². The zero-order valence-corrected chi connectivity index (χ0v) is 23.6. The fourth-order valence-electron chi connectivity index (χ4n) is 3.63. The summed E-state index contributed by atoms with van der Waals surface area (Å²) in [7, 11) is 0. The van der Waals surface area contributed by atoms with Gasteiger partial charge in [-0.3, -0.25) is 9.59 Å². The van der Waals surface area contributed by atoms with Crippen LogP contribution < -0.4 is 10.1 Å². The number of hydrogen-bond acceptors (Lipinski definition) is 7. The van der Waals surface area contributed by atoms with E-state index in [0.29, 0.717) is 5.19 Å². The molecule has 1 aromatic heterocycles. The molecule has 200 valence electrons. The van der Waals surface area contributed by atoms with Crippen LogP contribution in [0.1, 0.15) is 70.9 Å². The van der Waals surface area contributed by atoms with Gasteiger partial charge in [0.15, 0.2) is 6.61 Å². The second-order valence-corrected chi connectivity index (χ2v) is 9.31. The van der Waals surface area contributed by atoms with E-state index < -0.39 is 5.97 Å². The van der Waals surface area contributed by atoms with E-state index in [1.807, 2.05) is 58.9 Å². The number of allylic oxidation sites excluding steroid dienone is 6. The zero-order valence-electron chi connectivity index (χ0n) is 22.8. The van der Waals surface area contributed by atoms with Gasteiger partial charge in [0.2, 0.25) is 0 Å². The van der Waals surface area contributed by atoms with Crippen molar-refractivity contribution in [3.63, 3.8) is 0 Å². The van der Waals surface area contributed by atoms with Gasteiger partial charge in [-0.15, -0.1) is 0 Å². The van der Waals surface area contributed by atoms with Crippen LogP contribution in [0.3, 0.4) is 0 Å². The smallest absolute Gasteiger partial charge is 0.303 e. The lowest BCUT2D eigenvalue weighted by Crippen LogP contribution is -2.45. The number of thiazole rings is 1. The Morgan fingerprint density at radius 1 is 1.22 bits per heavy atom. The van der Waals surface area contributed by atoms with Gasteiger partial charge in [-0.05, 0) is 70.7 Å². The van der Waals surface area contributed by atoms with Crippen molar-refractivity contribution in [1.82, 2.24) is 15.2 Å². The molecule has 1 N–H and O–H groups in total. The highest BCUT2D eigenvalue weighted by Crippen LogP contribution is 2.27. The normalized spacial score (nSPS) is 15.3. The molecule has 1 fully saturated rings. The van der Waals surface area contributed by atoms with E-state index in [0.717, 1.165) is 61.6 Å². The number of carbonyl (C=O) groups is 2. The van der Waals surface area contributed by atoms with Gasteiger partial charge < -0.3 is 19.7 Å². The number of rotatable bonds is 12. The van der Waals surface area contributed by atoms with Crippen molar-refractivity contribution < 1.29 is 19.1 Å². The molecule has 1 aliphatic heterocycles. The third kappa shape index (κ3) is 12.3. The lowest BCUT2D eigenvalue weighted by atomic mass is 10.0. The predicted octanol–water partition coefficient (Wildman–Crippen LogP) is 5.83. The molecule has 2 rings (SSSR count). The SMILES string of the molecule is C=C/C(=C\C=C(/C)Oc1nc(C)c(/C=C\C)s1)CCCN1CCC(NC(=O)COC(C)=O)CC1.CC. The number of likely N-dealkylation sites (tertiary alicyclic amines) is 1. The minimum absolute atomic E-state index is 0.145. The quantitative estimate of drug-likeness (QED) is 0.213. The lowest BCUT2D eigenvalue weighted by molar-refractivity contribution is -0.146. The summed E-state index contributed by atoms with van der Waals surface area (Å²) < 4.78 is 10.6.